The molecule has 8 nitrogen and oxygen atoms in total. The Balaban J connectivity index is 2.03. The third kappa shape index (κ3) is 4.47. The van der Waals surface area contributed by atoms with Crippen LogP contribution in [0.15, 0.2) is 40.8 Å². The van der Waals surface area contributed by atoms with E-state index in [1.807, 2.05) is 12.1 Å². The van der Waals surface area contributed by atoms with E-state index in [4.69, 9.17) is 9.15 Å². The average Bonchev–Trinajstić information content (AvgIpc) is 3.12. The summed E-state index contributed by atoms with van der Waals surface area (Å²) in [5.74, 6) is -2.10. The largest absolute Gasteiger partial charge is 0.447 e. The van der Waals surface area contributed by atoms with Gasteiger partial charge in [0.05, 0.1) is 6.07 Å². The number of benzene rings is 1. The molecule has 1 N–H and O–H groups in total. The number of hydrogen-bond acceptors (Lipinski definition) is 6. The molecule has 0 bridgehead atoms. The summed E-state index contributed by atoms with van der Waals surface area (Å²) < 4.78 is 9.79. The number of nitro groups is 1. The van der Waals surface area contributed by atoms with Crippen molar-refractivity contribution in [2.24, 2.45) is 0 Å². The molecule has 1 aromatic carbocycles. The summed E-state index contributed by atoms with van der Waals surface area (Å²) in [6, 6.07) is 9.59. The maximum Gasteiger partial charge on any atom is 0.433 e. The quantitative estimate of drug-likeness (QED) is 0.455. The molecule has 1 heterocycles. The van der Waals surface area contributed by atoms with E-state index in [1.165, 1.54) is 6.92 Å². The van der Waals surface area contributed by atoms with Crippen LogP contribution < -0.4 is 5.32 Å². The number of furan rings is 1. The molecule has 0 aliphatic rings. The number of nitrogens with one attached hydrogen (secondary N) is 1. The second kappa shape index (κ2) is 8.28. The van der Waals surface area contributed by atoms with Crippen LogP contribution >= 0.6 is 0 Å². The molecule has 0 spiro atoms. The van der Waals surface area contributed by atoms with Gasteiger partial charge in [0, 0.05) is 5.69 Å². The molecular weight excluding hydrogens is 340 g/mol. The van der Waals surface area contributed by atoms with Gasteiger partial charge in [-0.15, -0.1) is 0 Å². The predicted octanol–water partition coefficient (Wildman–Crippen LogP) is 3.89. The highest BCUT2D eigenvalue weighted by molar-refractivity contribution is 5.97. The standard InChI is InChI=1S/C18H20N2O6/c1-4-11(2)13-7-5-6-8-14(13)19-17(21)12(3)25-18(22)15-9-10-16(26-15)20(23)24/h5-12H,4H2,1-3H3,(H,19,21)/t11-,12+/m1/s1. The fourth-order valence-corrected chi connectivity index (χ4v) is 2.30. The van der Waals surface area contributed by atoms with Gasteiger partial charge in [-0.2, -0.15) is 0 Å². The third-order valence-electron chi connectivity index (χ3n) is 3.99. The SMILES string of the molecule is CC[C@@H](C)c1ccccc1NC(=O)[C@H](C)OC(=O)c1ccc([N+](=O)[O-])o1. The van der Waals surface area contributed by atoms with E-state index in [0.29, 0.717) is 5.69 Å². The summed E-state index contributed by atoms with van der Waals surface area (Å²) in [6.07, 6.45) is -0.189. The number of ether oxygens (including phenoxy) is 1. The Kier molecular flexibility index (Phi) is 6.11. The lowest BCUT2D eigenvalue weighted by Gasteiger charge is -2.17. The molecule has 138 valence electrons. The number of hydrogen-bond donors (Lipinski definition) is 1. The number of nitrogens with zero attached hydrogens (tertiary/aromatic N) is 1. The minimum absolute atomic E-state index is 0.257. The second-order valence-electron chi connectivity index (χ2n) is 5.83. The van der Waals surface area contributed by atoms with Crippen LogP contribution in [-0.2, 0) is 9.53 Å². The minimum Gasteiger partial charge on any atom is -0.447 e. The Hall–Kier alpha value is -3.16. The van der Waals surface area contributed by atoms with Gasteiger partial charge >= 0.3 is 11.9 Å². The normalized spacial score (nSPS) is 12.9. The zero-order valence-electron chi connectivity index (χ0n) is 14.7. The fourth-order valence-electron chi connectivity index (χ4n) is 2.30. The third-order valence-corrected chi connectivity index (χ3v) is 3.99. The maximum absolute atomic E-state index is 12.3. The van der Waals surface area contributed by atoms with Gasteiger partial charge in [0.1, 0.15) is 4.92 Å². The first-order valence-electron chi connectivity index (χ1n) is 8.18. The summed E-state index contributed by atoms with van der Waals surface area (Å²) >= 11 is 0. The highest BCUT2D eigenvalue weighted by Gasteiger charge is 2.24. The molecule has 0 aliphatic heterocycles. The van der Waals surface area contributed by atoms with Crippen molar-refractivity contribution in [3.63, 3.8) is 0 Å². The maximum atomic E-state index is 12.3. The lowest BCUT2D eigenvalue weighted by atomic mass is 9.97. The summed E-state index contributed by atoms with van der Waals surface area (Å²) in [6.45, 7) is 5.52. The summed E-state index contributed by atoms with van der Waals surface area (Å²) in [5.41, 5.74) is 1.65. The van der Waals surface area contributed by atoms with E-state index in [9.17, 15) is 19.7 Å². The summed E-state index contributed by atoms with van der Waals surface area (Å²) in [7, 11) is 0. The smallest absolute Gasteiger partial charge is 0.433 e. The van der Waals surface area contributed by atoms with Gasteiger partial charge in [0.25, 0.3) is 5.91 Å². The first-order chi connectivity index (χ1) is 12.3. The van der Waals surface area contributed by atoms with Gasteiger partial charge in [-0.3, -0.25) is 14.9 Å². The van der Waals surface area contributed by atoms with Crippen LogP contribution in [0, 0.1) is 10.1 Å². The molecule has 2 rings (SSSR count). The van der Waals surface area contributed by atoms with Crippen molar-refractivity contribution < 1.29 is 23.7 Å². The minimum atomic E-state index is -1.10. The van der Waals surface area contributed by atoms with E-state index < -0.39 is 28.8 Å². The van der Waals surface area contributed by atoms with Crippen LogP contribution in [0.25, 0.3) is 0 Å². The number of amides is 1. The Labute approximate surface area is 150 Å². The zero-order valence-corrected chi connectivity index (χ0v) is 14.7. The van der Waals surface area contributed by atoms with Gasteiger partial charge in [0.2, 0.25) is 5.76 Å². The molecule has 0 saturated carbocycles. The molecular formula is C18H20N2O6. The number of anilines is 1. The number of para-hydroxylation sites is 1. The van der Waals surface area contributed by atoms with E-state index in [1.54, 1.807) is 12.1 Å². The Morgan fingerprint density at radius 2 is 1.92 bits per heavy atom. The fraction of sp³-hybridized carbons (Fsp3) is 0.333. The van der Waals surface area contributed by atoms with Crippen LogP contribution in [0.1, 0.15) is 49.2 Å². The van der Waals surface area contributed by atoms with Gasteiger partial charge in [0.15, 0.2) is 6.10 Å². The second-order valence-corrected chi connectivity index (χ2v) is 5.83. The molecule has 0 fully saturated rings. The van der Waals surface area contributed by atoms with Crippen LogP contribution in [0.2, 0.25) is 0 Å². The van der Waals surface area contributed by atoms with Gasteiger partial charge < -0.3 is 14.5 Å². The lowest BCUT2D eigenvalue weighted by Crippen LogP contribution is -2.30. The lowest BCUT2D eigenvalue weighted by molar-refractivity contribution is -0.402. The number of rotatable bonds is 7. The highest BCUT2D eigenvalue weighted by Crippen LogP contribution is 2.26. The van der Waals surface area contributed by atoms with E-state index >= 15 is 0 Å². The van der Waals surface area contributed by atoms with Crippen molar-refractivity contribution in [1.82, 2.24) is 0 Å². The first kappa shape index (κ1) is 19.2. The van der Waals surface area contributed by atoms with Crippen LogP contribution in [0.5, 0.6) is 0 Å². The number of esters is 1. The van der Waals surface area contributed by atoms with Crippen LogP contribution in [0.4, 0.5) is 11.6 Å². The molecule has 2 atom stereocenters. The summed E-state index contributed by atoms with van der Waals surface area (Å²) in [5, 5.41) is 13.3. The van der Waals surface area contributed by atoms with Crippen molar-refractivity contribution in [2.75, 3.05) is 5.32 Å². The average molecular weight is 360 g/mol. The monoisotopic (exact) mass is 360 g/mol. The molecule has 8 heteroatoms. The van der Waals surface area contributed by atoms with E-state index in [0.717, 1.165) is 24.1 Å². The highest BCUT2D eigenvalue weighted by atomic mass is 16.7. The van der Waals surface area contributed by atoms with E-state index in [2.05, 4.69) is 19.2 Å². The van der Waals surface area contributed by atoms with Crippen molar-refractivity contribution >= 4 is 23.4 Å². The molecule has 0 saturated heterocycles. The summed E-state index contributed by atoms with van der Waals surface area (Å²) in [4.78, 5) is 34.1. The van der Waals surface area contributed by atoms with Gasteiger partial charge in [-0.05, 0) is 37.0 Å². The molecule has 1 amide bonds. The van der Waals surface area contributed by atoms with Crippen molar-refractivity contribution in [1.29, 1.82) is 0 Å². The number of carbonyl (C=O) groups is 2. The predicted molar refractivity (Wildman–Crippen MR) is 94.0 cm³/mol. The first-order valence-corrected chi connectivity index (χ1v) is 8.18. The molecule has 1 aromatic heterocycles. The number of carbonyl (C=O) groups excluding carboxylic acids is 2. The molecule has 26 heavy (non-hydrogen) atoms. The Morgan fingerprint density at radius 3 is 2.54 bits per heavy atom. The van der Waals surface area contributed by atoms with Crippen LogP contribution in [-0.4, -0.2) is 22.9 Å². The Morgan fingerprint density at radius 1 is 1.23 bits per heavy atom. The Bertz CT molecular complexity index is 814. The molecule has 2 aromatic rings. The van der Waals surface area contributed by atoms with Crippen molar-refractivity contribution in [3.8, 4) is 0 Å². The van der Waals surface area contributed by atoms with Crippen molar-refractivity contribution in [3.05, 3.63) is 57.8 Å². The molecule has 0 radical (unpaired) electrons. The van der Waals surface area contributed by atoms with Crippen LogP contribution in [0.3, 0.4) is 0 Å². The van der Waals surface area contributed by atoms with Gasteiger partial charge in [-0.25, -0.2) is 4.79 Å². The molecule has 0 unspecified atom stereocenters. The zero-order chi connectivity index (χ0) is 19.3. The molecule has 0 aliphatic carbocycles. The topological polar surface area (TPSA) is 112 Å². The van der Waals surface area contributed by atoms with E-state index in [-0.39, 0.29) is 11.7 Å². The van der Waals surface area contributed by atoms with Gasteiger partial charge in [-0.1, -0.05) is 32.0 Å². The van der Waals surface area contributed by atoms with Crippen molar-refractivity contribution in [2.45, 2.75) is 39.2 Å².